The molecule has 0 aliphatic carbocycles. The number of benzene rings is 1. The number of hydrogen-bond acceptors (Lipinski definition) is 4. The number of carbonyl (C=O) groups excluding carboxylic acids is 1. The summed E-state index contributed by atoms with van der Waals surface area (Å²) in [4.78, 5) is 38.8. The maximum absolute atomic E-state index is 11.7. The molecular formula is C11H8Cl2N2O4. The van der Waals surface area contributed by atoms with Gasteiger partial charge in [-0.15, -0.1) is 11.6 Å². The van der Waals surface area contributed by atoms with E-state index < -0.39 is 22.8 Å². The number of esters is 1. The first-order valence-corrected chi connectivity index (χ1v) is 6.15. The molecule has 1 heterocycles. The Kier molecular flexibility index (Phi) is 3.92. The summed E-state index contributed by atoms with van der Waals surface area (Å²) < 4.78 is 4.81. The van der Waals surface area contributed by atoms with Crippen LogP contribution in [-0.2, 0) is 4.74 Å². The number of fused-ring (bicyclic) bond motifs is 1. The molecule has 1 unspecified atom stereocenters. The largest absolute Gasteiger partial charge is 0.441 e. The van der Waals surface area contributed by atoms with Gasteiger partial charge in [-0.05, 0) is 18.2 Å². The van der Waals surface area contributed by atoms with Gasteiger partial charge in [0, 0.05) is 0 Å². The van der Waals surface area contributed by atoms with Crippen molar-refractivity contribution < 1.29 is 9.53 Å². The van der Waals surface area contributed by atoms with E-state index in [2.05, 4.69) is 9.97 Å². The van der Waals surface area contributed by atoms with E-state index >= 15 is 0 Å². The van der Waals surface area contributed by atoms with Gasteiger partial charge >= 0.3 is 11.7 Å². The first-order valence-electron chi connectivity index (χ1n) is 5.18. The minimum absolute atomic E-state index is 0.0468. The van der Waals surface area contributed by atoms with Crippen molar-refractivity contribution in [1.29, 1.82) is 0 Å². The lowest BCUT2D eigenvalue weighted by atomic mass is 10.1. The van der Waals surface area contributed by atoms with E-state index in [1.807, 2.05) is 0 Å². The fourth-order valence-corrected chi connectivity index (χ4v) is 1.65. The van der Waals surface area contributed by atoms with Crippen LogP contribution in [0.25, 0.3) is 10.9 Å². The Labute approximate surface area is 116 Å². The molecule has 1 aromatic carbocycles. The lowest BCUT2D eigenvalue weighted by Crippen LogP contribution is -2.22. The van der Waals surface area contributed by atoms with E-state index in [-0.39, 0.29) is 16.8 Å². The van der Waals surface area contributed by atoms with Crippen LogP contribution in [0.1, 0.15) is 10.4 Å². The summed E-state index contributed by atoms with van der Waals surface area (Å²) in [6.45, 7) is 0. The molecule has 0 bridgehead atoms. The molecule has 1 aromatic heterocycles. The third-order valence-electron chi connectivity index (χ3n) is 2.33. The molecule has 2 rings (SSSR count). The molecule has 0 saturated carbocycles. The lowest BCUT2D eigenvalue weighted by molar-refractivity contribution is 0.0476. The van der Waals surface area contributed by atoms with Crippen molar-refractivity contribution in [2.45, 2.75) is 5.56 Å². The van der Waals surface area contributed by atoms with Gasteiger partial charge in [0.2, 0.25) is 0 Å². The third kappa shape index (κ3) is 2.97. The van der Waals surface area contributed by atoms with E-state index in [9.17, 15) is 14.4 Å². The van der Waals surface area contributed by atoms with E-state index in [0.717, 1.165) is 0 Å². The van der Waals surface area contributed by atoms with Crippen LogP contribution in [0.5, 0.6) is 0 Å². The maximum Gasteiger partial charge on any atom is 0.339 e. The Morgan fingerprint density at radius 2 is 2.05 bits per heavy atom. The van der Waals surface area contributed by atoms with Crippen molar-refractivity contribution >= 4 is 40.1 Å². The monoisotopic (exact) mass is 302 g/mol. The number of hydrogen-bond donors (Lipinski definition) is 2. The number of rotatable bonds is 3. The number of alkyl halides is 2. The summed E-state index contributed by atoms with van der Waals surface area (Å²) in [6, 6.07) is 4.16. The summed E-state index contributed by atoms with van der Waals surface area (Å²) in [7, 11) is 0. The molecule has 0 saturated heterocycles. The molecule has 0 amide bonds. The average molecular weight is 303 g/mol. The van der Waals surface area contributed by atoms with E-state index in [4.69, 9.17) is 27.9 Å². The van der Waals surface area contributed by atoms with Crippen molar-refractivity contribution in [3.63, 3.8) is 0 Å². The minimum Gasteiger partial charge on any atom is -0.441 e. The molecule has 8 heteroatoms. The summed E-state index contributed by atoms with van der Waals surface area (Å²) >= 11 is 11.0. The molecule has 2 N–H and O–H groups in total. The zero-order valence-corrected chi connectivity index (χ0v) is 10.9. The van der Waals surface area contributed by atoms with Crippen LogP contribution < -0.4 is 11.2 Å². The Bertz CT molecular complexity index is 737. The highest BCUT2D eigenvalue weighted by Crippen LogP contribution is 2.12. The predicted octanol–water partition coefficient (Wildman–Crippen LogP) is 1.18. The smallest absolute Gasteiger partial charge is 0.339 e. The standard InChI is InChI=1S/C11H8Cl2N2O4/c12-4-8(13)19-10(17)5-1-2-7-6(3-5)9(16)15-11(18)14-7/h1-3,8H,4H2,(H2,14,15,16,18). The second-order valence-corrected chi connectivity index (χ2v) is 4.43. The molecule has 1 atom stereocenters. The van der Waals surface area contributed by atoms with Crippen molar-refractivity contribution in [2.75, 3.05) is 5.88 Å². The Hall–Kier alpha value is -1.79. The molecular weight excluding hydrogens is 295 g/mol. The predicted molar refractivity (Wildman–Crippen MR) is 71.0 cm³/mol. The van der Waals surface area contributed by atoms with Gasteiger partial charge in [0.15, 0.2) is 5.56 Å². The van der Waals surface area contributed by atoms with Gasteiger partial charge in [-0.2, -0.15) is 0 Å². The summed E-state index contributed by atoms with van der Waals surface area (Å²) in [6.07, 6.45) is 0. The van der Waals surface area contributed by atoms with Crippen molar-refractivity contribution in [3.05, 3.63) is 44.6 Å². The molecule has 100 valence electrons. The van der Waals surface area contributed by atoms with Crippen LogP contribution in [0.15, 0.2) is 27.8 Å². The van der Waals surface area contributed by atoms with Crippen molar-refractivity contribution in [3.8, 4) is 0 Å². The normalized spacial score (nSPS) is 12.3. The highest BCUT2D eigenvalue weighted by Gasteiger charge is 2.14. The van der Waals surface area contributed by atoms with Gasteiger partial charge < -0.3 is 9.72 Å². The molecule has 0 fully saturated rings. The van der Waals surface area contributed by atoms with Crippen LogP contribution in [0.2, 0.25) is 0 Å². The number of aromatic nitrogens is 2. The number of aromatic amines is 2. The number of ether oxygens (including phenoxy) is 1. The van der Waals surface area contributed by atoms with Gasteiger partial charge in [-0.25, -0.2) is 9.59 Å². The highest BCUT2D eigenvalue weighted by molar-refractivity contribution is 6.27. The zero-order chi connectivity index (χ0) is 14.0. The van der Waals surface area contributed by atoms with Crippen LogP contribution in [0.3, 0.4) is 0 Å². The number of nitrogens with one attached hydrogen (secondary N) is 2. The molecule has 0 spiro atoms. The third-order valence-corrected chi connectivity index (χ3v) is 3.01. The minimum atomic E-state index is -0.946. The highest BCUT2D eigenvalue weighted by atomic mass is 35.5. The molecule has 0 aliphatic heterocycles. The van der Waals surface area contributed by atoms with Crippen LogP contribution in [-0.4, -0.2) is 27.4 Å². The fraction of sp³-hybridized carbons (Fsp3) is 0.182. The van der Waals surface area contributed by atoms with Crippen LogP contribution in [0, 0.1) is 0 Å². The second-order valence-electron chi connectivity index (χ2n) is 3.64. The summed E-state index contributed by atoms with van der Waals surface area (Å²) in [5.41, 5.74) is -1.69. The second kappa shape index (κ2) is 5.46. The van der Waals surface area contributed by atoms with Gasteiger partial charge in [0.25, 0.3) is 5.56 Å². The van der Waals surface area contributed by atoms with Gasteiger partial charge in [0.05, 0.1) is 22.3 Å². The Morgan fingerprint density at radius 1 is 1.32 bits per heavy atom. The average Bonchev–Trinajstić information content (AvgIpc) is 2.37. The Balaban J connectivity index is 2.45. The van der Waals surface area contributed by atoms with Crippen LogP contribution in [0.4, 0.5) is 0 Å². The lowest BCUT2D eigenvalue weighted by Gasteiger charge is -2.08. The van der Waals surface area contributed by atoms with E-state index in [1.165, 1.54) is 18.2 Å². The fourth-order valence-electron chi connectivity index (χ4n) is 1.51. The first-order chi connectivity index (χ1) is 9.01. The van der Waals surface area contributed by atoms with Gasteiger partial charge in [-0.3, -0.25) is 9.78 Å². The molecule has 2 aromatic rings. The first kappa shape index (κ1) is 13.6. The number of carbonyl (C=O) groups is 1. The van der Waals surface area contributed by atoms with Crippen LogP contribution >= 0.6 is 23.2 Å². The topological polar surface area (TPSA) is 92.0 Å². The quantitative estimate of drug-likeness (QED) is 0.658. The molecule has 19 heavy (non-hydrogen) atoms. The SMILES string of the molecule is O=C(OC(Cl)CCl)c1ccc2[nH]c(=O)[nH]c(=O)c2c1. The Morgan fingerprint density at radius 3 is 2.74 bits per heavy atom. The van der Waals surface area contributed by atoms with Gasteiger partial charge in [-0.1, -0.05) is 11.6 Å². The van der Waals surface area contributed by atoms with Gasteiger partial charge in [0.1, 0.15) is 0 Å². The summed E-state index contributed by atoms with van der Waals surface area (Å²) in [5, 5.41) is 0.172. The molecule has 0 radical (unpaired) electrons. The summed E-state index contributed by atoms with van der Waals surface area (Å²) in [5.74, 6) is -0.748. The maximum atomic E-state index is 11.7. The zero-order valence-electron chi connectivity index (χ0n) is 9.41. The number of halogens is 2. The molecule has 6 nitrogen and oxygen atoms in total. The number of H-pyrrole nitrogens is 2. The van der Waals surface area contributed by atoms with E-state index in [1.54, 1.807) is 0 Å². The van der Waals surface area contributed by atoms with Crippen molar-refractivity contribution in [1.82, 2.24) is 9.97 Å². The van der Waals surface area contributed by atoms with Crippen molar-refractivity contribution in [2.24, 2.45) is 0 Å². The van der Waals surface area contributed by atoms with E-state index in [0.29, 0.717) is 5.52 Å². The molecule has 0 aliphatic rings.